The smallest absolute Gasteiger partial charge is 0.269 e. The Hall–Kier alpha value is -3.27. The van der Waals surface area contributed by atoms with Crippen molar-refractivity contribution < 1.29 is 22.9 Å². The fraction of sp³-hybridized carbons (Fsp3) is 0.176. The molecule has 0 heterocycles. The molecule has 0 saturated carbocycles. The lowest BCUT2D eigenvalue weighted by molar-refractivity contribution is -0.384. The normalized spacial score (nSPS) is 12.1. The van der Waals surface area contributed by atoms with Gasteiger partial charge in [-0.15, -0.1) is 0 Å². The molecular formula is C17H17N3O6S. The predicted octanol–water partition coefficient (Wildman–Crippen LogP) is 2.35. The Kier molecular flexibility index (Phi) is 5.91. The first-order valence-corrected chi connectivity index (χ1v) is 9.33. The lowest BCUT2D eigenvalue weighted by Gasteiger charge is -2.14. The second-order valence-corrected chi connectivity index (χ2v) is 7.95. The quantitative estimate of drug-likeness (QED) is 0.573. The lowest BCUT2D eigenvalue weighted by atomic mass is 10.2. The monoisotopic (exact) mass is 391 g/mol. The summed E-state index contributed by atoms with van der Waals surface area (Å²) in [5.41, 5.74) is 0.650. The Morgan fingerprint density at radius 2 is 1.44 bits per heavy atom. The third-order valence-electron chi connectivity index (χ3n) is 3.68. The molecule has 0 radical (unpaired) electrons. The summed E-state index contributed by atoms with van der Waals surface area (Å²) in [6.45, 7) is 2.60. The molecule has 0 aromatic heterocycles. The number of non-ortho nitro benzene ring substituents is 1. The number of rotatable bonds is 6. The molecule has 0 aliphatic heterocycles. The number of hydrogen-bond donors (Lipinski definition) is 2. The predicted molar refractivity (Wildman–Crippen MR) is 99.1 cm³/mol. The maximum Gasteiger partial charge on any atom is 0.269 e. The van der Waals surface area contributed by atoms with Crippen LogP contribution in [0.15, 0.2) is 53.4 Å². The van der Waals surface area contributed by atoms with Gasteiger partial charge in [-0.25, -0.2) is 8.42 Å². The number of amides is 2. The van der Waals surface area contributed by atoms with E-state index in [4.69, 9.17) is 0 Å². The first-order chi connectivity index (χ1) is 12.6. The van der Waals surface area contributed by atoms with Crippen molar-refractivity contribution in [1.82, 2.24) is 0 Å². The Balaban J connectivity index is 2.13. The summed E-state index contributed by atoms with van der Waals surface area (Å²) >= 11 is 0. The SMILES string of the molecule is CC(=O)Nc1ccc(NC(=O)[C@@H](C)S(=O)(=O)c2ccc([N+](=O)[O-])cc2)cc1. The molecule has 0 aliphatic rings. The molecule has 27 heavy (non-hydrogen) atoms. The number of anilines is 2. The minimum atomic E-state index is -4.02. The minimum Gasteiger partial charge on any atom is -0.326 e. The van der Waals surface area contributed by atoms with Gasteiger partial charge in [0.25, 0.3) is 5.69 Å². The Labute approximate surface area is 155 Å². The standard InChI is InChI=1S/C17H17N3O6S/c1-11(27(25,26)16-9-7-15(8-10-16)20(23)24)17(22)19-14-5-3-13(4-6-14)18-12(2)21/h3-11H,1-2H3,(H,18,21)(H,19,22)/t11-/m1/s1. The fourth-order valence-corrected chi connectivity index (χ4v) is 3.45. The number of carbonyl (C=O) groups excluding carboxylic acids is 2. The van der Waals surface area contributed by atoms with Gasteiger partial charge in [0.1, 0.15) is 5.25 Å². The molecule has 0 aliphatic carbocycles. The molecule has 0 spiro atoms. The highest BCUT2D eigenvalue weighted by atomic mass is 32.2. The van der Waals surface area contributed by atoms with E-state index in [9.17, 15) is 28.1 Å². The van der Waals surface area contributed by atoms with Crippen LogP contribution < -0.4 is 10.6 Å². The molecule has 2 rings (SSSR count). The average molecular weight is 391 g/mol. The molecule has 2 aromatic carbocycles. The zero-order valence-electron chi connectivity index (χ0n) is 14.5. The van der Waals surface area contributed by atoms with Crippen LogP contribution in [0.2, 0.25) is 0 Å². The van der Waals surface area contributed by atoms with Gasteiger partial charge >= 0.3 is 0 Å². The Bertz CT molecular complexity index is 969. The summed E-state index contributed by atoms with van der Waals surface area (Å²) in [5.74, 6) is -0.991. The van der Waals surface area contributed by atoms with Crippen LogP contribution >= 0.6 is 0 Å². The van der Waals surface area contributed by atoms with Gasteiger partial charge in [-0.05, 0) is 43.3 Å². The highest BCUT2D eigenvalue weighted by molar-refractivity contribution is 7.92. The van der Waals surface area contributed by atoms with Gasteiger partial charge in [0.15, 0.2) is 9.84 Å². The maximum absolute atomic E-state index is 12.5. The molecule has 9 nitrogen and oxygen atoms in total. The van der Waals surface area contributed by atoms with E-state index in [1.807, 2.05) is 0 Å². The molecule has 0 fully saturated rings. The van der Waals surface area contributed by atoms with Crippen LogP contribution in [-0.2, 0) is 19.4 Å². The maximum atomic E-state index is 12.5. The van der Waals surface area contributed by atoms with E-state index in [1.54, 1.807) is 12.1 Å². The second-order valence-electron chi connectivity index (χ2n) is 5.69. The van der Waals surface area contributed by atoms with Crippen molar-refractivity contribution >= 4 is 38.7 Å². The van der Waals surface area contributed by atoms with E-state index in [0.717, 1.165) is 24.3 Å². The van der Waals surface area contributed by atoms with Crippen LogP contribution in [0, 0.1) is 10.1 Å². The van der Waals surface area contributed by atoms with Crippen molar-refractivity contribution in [2.24, 2.45) is 0 Å². The molecular weight excluding hydrogens is 374 g/mol. The summed E-state index contributed by atoms with van der Waals surface area (Å²) in [4.78, 5) is 33.1. The van der Waals surface area contributed by atoms with Crippen molar-refractivity contribution in [1.29, 1.82) is 0 Å². The van der Waals surface area contributed by atoms with E-state index in [0.29, 0.717) is 11.4 Å². The van der Waals surface area contributed by atoms with Gasteiger partial charge in [0.2, 0.25) is 11.8 Å². The van der Waals surface area contributed by atoms with Crippen molar-refractivity contribution in [3.8, 4) is 0 Å². The van der Waals surface area contributed by atoms with Crippen molar-refractivity contribution in [3.05, 3.63) is 58.6 Å². The summed E-state index contributed by atoms with van der Waals surface area (Å²) in [6, 6.07) is 10.5. The summed E-state index contributed by atoms with van der Waals surface area (Å²) < 4.78 is 25.1. The largest absolute Gasteiger partial charge is 0.326 e. The number of nitro groups is 1. The number of benzene rings is 2. The van der Waals surface area contributed by atoms with Gasteiger partial charge in [0.05, 0.1) is 9.82 Å². The summed E-state index contributed by atoms with van der Waals surface area (Å²) in [5, 5.41) is 14.3. The number of hydrogen-bond acceptors (Lipinski definition) is 6. The van der Waals surface area contributed by atoms with E-state index < -0.39 is 25.9 Å². The Morgan fingerprint density at radius 1 is 0.963 bits per heavy atom. The minimum absolute atomic E-state index is 0.184. The highest BCUT2D eigenvalue weighted by Crippen LogP contribution is 2.21. The molecule has 2 amide bonds. The van der Waals surface area contributed by atoms with Crippen LogP contribution in [0.4, 0.5) is 17.1 Å². The van der Waals surface area contributed by atoms with Crippen LogP contribution in [0.5, 0.6) is 0 Å². The molecule has 10 heteroatoms. The van der Waals surface area contributed by atoms with Crippen LogP contribution in [-0.4, -0.2) is 30.4 Å². The zero-order chi connectivity index (χ0) is 20.2. The molecule has 0 unspecified atom stereocenters. The van der Waals surface area contributed by atoms with Crippen LogP contribution in [0.25, 0.3) is 0 Å². The number of nitrogens with one attached hydrogen (secondary N) is 2. The summed E-state index contributed by atoms with van der Waals surface area (Å²) in [7, 11) is -4.02. The number of sulfone groups is 1. The van der Waals surface area contributed by atoms with Crippen LogP contribution in [0.1, 0.15) is 13.8 Å². The molecule has 2 N–H and O–H groups in total. The molecule has 0 bridgehead atoms. The van der Waals surface area contributed by atoms with Crippen molar-refractivity contribution in [2.45, 2.75) is 24.0 Å². The lowest BCUT2D eigenvalue weighted by Crippen LogP contribution is -2.32. The van der Waals surface area contributed by atoms with Crippen molar-refractivity contribution in [3.63, 3.8) is 0 Å². The topological polar surface area (TPSA) is 135 Å². The third-order valence-corrected chi connectivity index (χ3v) is 5.76. The number of nitro benzene ring substituents is 1. The van der Waals surface area contributed by atoms with Gasteiger partial charge in [-0.1, -0.05) is 0 Å². The van der Waals surface area contributed by atoms with E-state index >= 15 is 0 Å². The highest BCUT2D eigenvalue weighted by Gasteiger charge is 2.30. The van der Waals surface area contributed by atoms with E-state index in [-0.39, 0.29) is 16.5 Å². The first kappa shape index (κ1) is 20.0. The molecule has 2 aromatic rings. The van der Waals surface area contributed by atoms with Gasteiger partial charge in [0, 0.05) is 30.4 Å². The van der Waals surface area contributed by atoms with Gasteiger partial charge < -0.3 is 10.6 Å². The zero-order valence-corrected chi connectivity index (χ0v) is 15.3. The third kappa shape index (κ3) is 4.88. The first-order valence-electron chi connectivity index (χ1n) is 7.78. The van der Waals surface area contributed by atoms with Gasteiger partial charge in [-0.2, -0.15) is 0 Å². The fourth-order valence-electron chi connectivity index (χ4n) is 2.19. The number of nitrogens with zero attached hydrogens (tertiary/aromatic N) is 1. The number of carbonyl (C=O) groups is 2. The Morgan fingerprint density at radius 3 is 1.89 bits per heavy atom. The summed E-state index contributed by atoms with van der Waals surface area (Å²) in [6.07, 6.45) is 0. The van der Waals surface area contributed by atoms with E-state index in [2.05, 4.69) is 10.6 Å². The van der Waals surface area contributed by atoms with Crippen molar-refractivity contribution in [2.75, 3.05) is 10.6 Å². The molecule has 1 atom stereocenters. The molecule has 0 saturated heterocycles. The van der Waals surface area contributed by atoms with Crippen LogP contribution in [0.3, 0.4) is 0 Å². The van der Waals surface area contributed by atoms with E-state index in [1.165, 1.54) is 26.0 Å². The van der Waals surface area contributed by atoms with Gasteiger partial charge in [-0.3, -0.25) is 19.7 Å². The molecule has 142 valence electrons. The average Bonchev–Trinajstić information content (AvgIpc) is 2.62. The second kappa shape index (κ2) is 7.96.